The predicted octanol–water partition coefficient (Wildman–Crippen LogP) is 2.29. The molecule has 1 N–H and O–H groups in total. The average molecular weight is 342 g/mol. The number of imidazole rings is 1. The number of fused-ring (bicyclic) bond motifs is 3. The van der Waals surface area contributed by atoms with Gasteiger partial charge in [-0.25, -0.2) is 4.40 Å². The van der Waals surface area contributed by atoms with E-state index in [1.54, 1.807) is 12.1 Å². The zero-order valence-corrected chi connectivity index (χ0v) is 13.6. The third kappa shape index (κ3) is 2.27. The van der Waals surface area contributed by atoms with E-state index in [4.69, 9.17) is 0 Å². The molecule has 0 saturated heterocycles. The van der Waals surface area contributed by atoms with E-state index in [2.05, 4.69) is 10.2 Å². The van der Waals surface area contributed by atoms with Gasteiger partial charge in [-0.1, -0.05) is 42.0 Å². The molecule has 0 saturated carbocycles. The molecule has 8 heteroatoms. The number of aromatic nitrogens is 4. The second-order valence-corrected chi connectivity index (χ2v) is 6.97. The van der Waals surface area contributed by atoms with Gasteiger partial charge in [-0.2, -0.15) is 8.42 Å². The summed E-state index contributed by atoms with van der Waals surface area (Å²) in [5.74, 6) is 0.365. The number of rotatable bonds is 3. The molecule has 2 heterocycles. The fourth-order valence-corrected chi connectivity index (χ4v) is 3.39. The lowest BCUT2D eigenvalue weighted by Gasteiger charge is -2.05. The van der Waals surface area contributed by atoms with Crippen LogP contribution < -0.4 is 0 Å². The molecular weight excluding hydrogens is 328 g/mol. The fraction of sp³-hybridized carbons (Fsp3) is 0.125. The minimum absolute atomic E-state index is 0.365. The number of nitrogens with zero attached hydrogens (tertiary/aromatic N) is 4. The lowest BCUT2D eigenvalue weighted by molar-refractivity contribution is 0.473. The molecule has 122 valence electrons. The summed E-state index contributed by atoms with van der Waals surface area (Å²) in [6, 6.07) is 15.4. The quantitative estimate of drug-likeness (QED) is 0.577. The van der Waals surface area contributed by atoms with Crippen LogP contribution in [0.15, 0.2) is 53.7 Å². The summed E-state index contributed by atoms with van der Waals surface area (Å²) < 4.78 is 35.8. The van der Waals surface area contributed by atoms with Crippen LogP contribution in [0.2, 0.25) is 0 Å². The van der Waals surface area contributed by atoms with Crippen molar-refractivity contribution in [3.05, 3.63) is 59.7 Å². The molecule has 4 aromatic rings. The Balaban J connectivity index is 2.00. The maximum atomic E-state index is 11.6. The van der Waals surface area contributed by atoms with Crippen LogP contribution in [0.1, 0.15) is 11.1 Å². The lowest BCUT2D eigenvalue weighted by atomic mass is 10.1. The van der Waals surface area contributed by atoms with Crippen LogP contribution in [-0.4, -0.2) is 32.1 Å². The average Bonchev–Trinajstić information content (AvgIpc) is 3.09. The fourth-order valence-electron chi connectivity index (χ4n) is 2.84. The SMILES string of the molecule is Cc1ccc(Cn2c3ccccc3n3c(S(=O)(=O)O)nnc23)cc1. The van der Waals surface area contributed by atoms with Crippen LogP contribution in [-0.2, 0) is 16.7 Å². The summed E-state index contributed by atoms with van der Waals surface area (Å²) in [7, 11) is -4.47. The maximum Gasteiger partial charge on any atom is 0.331 e. The molecule has 0 fully saturated rings. The highest BCUT2D eigenvalue weighted by Crippen LogP contribution is 2.24. The number of hydrogen-bond acceptors (Lipinski definition) is 4. The van der Waals surface area contributed by atoms with E-state index < -0.39 is 15.3 Å². The summed E-state index contributed by atoms with van der Waals surface area (Å²) >= 11 is 0. The molecule has 0 aliphatic rings. The Labute approximate surface area is 137 Å². The maximum absolute atomic E-state index is 11.6. The molecule has 4 rings (SSSR count). The predicted molar refractivity (Wildman–Crippen MR) is 88.6 cm³/mol. The second kappa shape index (κ2) is 5.15. The first-order chi connectivity index (χ1) is 11.4. The zero-order valence-electron chi connectivity index (χ0n) is 12.8. The minimum atomic E-state index is -4.47. The first-order valence-electron chi connectivity index (χ1n) is 7.30. The molecule has 2 aromatic carbocycles. The molecule has 24 heavy (non-hydrogen) atoms. The number of hydrogen-bond donors (Lipinski definition) is 1. The van der Waals surface area contributed by atoms with Crippen molar-refractivity contribution >= 4 is 26.9 Å². The zero-order chi connectivity index (χ0) is 16.9. The number of benzene rings is 2. The normalized spacial score (nSPS) is 12.2. The second-order valence-electron chi connectivity index (χ2n) is 5.65. The van der Waals surface area contributed by atoms with Gasteiger partial charge in [0, 0.05) is 0 Å². The highest BCUT2D eigenvalue weighted by molar-refractivity contribution is 7.85. The smallest absolute Gasteiger partial charge is 0.304 e. The van der Waals surface area contributed by atoms with Gasteiger partial charge >= 0.3 is 10.1 Å². The van der Waals surface area contributed by atoms with Crippen LogP contribution in [0.3, 0.4) is 0 Å². The largest absolute Gasteiger partial charge is 0.331 e. The van der Waals surface area contributed by atoms with Crippen molar-refractivity contribution < 1.29 is 13.0 Å². The van der Waals surface area contributed by atoms with Crippen LogP contribution in [0.4, 0.5) is 0 Å². The van der Waals surface area contributed by atoms with Gasteiger partial charge in [-0.15, -0.1) is 10.2 Å². The standard InChI is InChI=1S/C16H14N4O3S/c1-11-6-8-12(9-7-11)10-19-13-4-2-3-5-14(13)20-15(19)17-18-16(20)24(21,22)23/h2-9H,10H2,1H3,(H,21,22,23). The van der Waals surface area contributed by atoms with Crippen LogP contribution in [0.25, 0.3) is 16.8 Å². The van der Waals surface area contributed by atoms with E-state index in [1.807, 2.05) is 47.9 Å². The van der Waals surface area contributed by atoms with Crippen molar-refractivity contribution in [2.24, 2.45) is 0 Å². The summed E-state index contributed by atoms with van der Waals surface area (Å²) in [4.78, 5) is 0. The molecule has 0 atom stereocenters. The first-order valence-corrected chi connectivity index (χ1v) is 8.74. The first kappa shape index (κ1) is 14.9. The van der Waals surface area contributed by atoms with Crippen molar-refractivity contribution in [3.8, 4) is 0 Å². The van der Waals surface area contributed by atoms with Crippen LogP contribution >= 0.6 is 0 Å². The summed E-state index contributed by atoms with van der Waals surface area (Å²) in [6.45, 7) is 2.53. The van der Waals surface area contributed by atoms with Gasteiger partial charge in [0.15, 0.2) is 0 Å². The molecule has 0 spiro atoms. The molecule has 0 bridgehead atoms. The Morgan fingerprint density at radius 2 is 1.67 bits per heavy atom. The van der Waals surface area contributed by atoms with Crippen molar-refractivity contribution in [3.63, 3.8) is 0 Å². The van der Waals surface area contributed by atoms with E-state index in [9.17, 15) is 13.0 Å². The van der Waals surface area contributed by atoms with Gasteiger partial charge in [0.2, 0.25) is 5.78 Å². The van der Waals surface area contributed by atoms with Gasteiger partial charge in [0.1, 0.15) is 0 Å². The van der Waals surface area contributed by atoms with Gasteiger partial charge in [0.05, 0.1) is 17.6 Å². The van der Waals surface area contributed by atoms with Crippen LogP contribution in [0.5, 0.6) is 0 Å². The number of para-hydroxylation sites is 2. The molecule has 0 aliphatic carbocycles. The molecule has 0 radical (unpaired) electrons. The van der Waals surface area contributed by atoms with Crippen molar-refractivity contribution in [2.75, 3.05) is 0 Å². The van der Waals surface area contributed by atoms with E-state index in [1.165, 1.54) is 4.40 Å². The highest BCUT2D eigenvalue weighted by atomic mass is 32.2. The van der Waals surface area contributed by atoms with Crippen molar-refractivity contribution in [1.29, 1.82) is 0 Å². The van der Waals surface area contributed by atoms with Crippen molar-refractivity contribution in [1.82, 2.24) is 19.2 Å². The molecule has 7 nitrogen and oxygen atoms in total. The van der Waals surface area contributed by atoms with E-state index in [0.29, 0.717) is 17.8 Å². The molecule has 0 amide bonds. The third-order valence-corrected chi connectivity index (χ3v) is 4.69. The Morgan fingerprint density at radius 1 is 1.00 bits per heavy atom. The Bertz CT molecular complexity index is 1160. The molecule has 2 aromatic heterocycles. The molecule has 0 unspecified atom stereocenters. The molecular formula is C16H14N4O3S. The monoisotopic (exact) mass is 342 g/mol. The van der Waals surface area contributed by atoms with Gasteiger partial charge in [0.25, 0.3) is 5.16 Å². The van der Waals surface area contributed by atoms with E-state index in [0.717, 1.165) is 16.6 Å². The van der Waals surface area contributed by atoms with Crippen molar-refractivity contribution in [2.45, 2.75) is 18.6 Å². The minimum Gasteiger partial charge on any atom is -0.304 e. The third-order valence-electron chi connectivity index (χ3n) is 3.96. The number of aryl methyl sites for hydroxylation is 1. The van der Waals surface area contributed by atoms with E-state index in [-0.39, 0.29) is 0 Å². The summed E-state index contributed by atoms with van der Waals surface area (Å²) in [5.41, 5.74) is 3.66. The van der Waals surface area contributed by atoms with Gasteiger partial charge in [-0.05, 0) is 24.6 Å². The van der Waals surface area contributed by atoms with E-state index >= 15 is 0 Å². The Hall–Kier alpha value is -2.71. The summed E-state index contributed by atoms with van der Waals surface area (Å²) in [5, 5.41) is 7.14. The summed E-state index contributed by atoms with van der Waals surface area (Å²) in [6.07, 6.45) is 0. The Morgan fingerprint density at radius 3 is 2.33 bits per heavy atom. The topological polar surface area (TPSA) is 89.5 Å². The molecule has 0 aliphatic heterocycles. The van der Waals surface area contributed by atoms with Crippen LogP contribution in [0, 0.1) is 6.92 Å². The van der Waals surface area contributed by atoms with Gasteiger partial charge in [-0.3, -0.25) is 4.55 Å². The lowest BCUT2D eigenvalue weighted by Crippen LogP contribution is -2.04. The highest BCUT2D eigenvalue weighted by Gasteiger charge is 2.24. The van der Waals surface area contributed by atoms with Gasteiger partial charge < -0.3 is 4.57 Å². The Kier molecular flexibility index (Phi) is 3.19.